The number of carbonyl (C=O) groups excluding carboxylic acids is 2. The predicted molar refractivity (Wildman–Crippen MR) is 207 cm³/mol. The first-order valence-corrected chi connectivity index (χ1v) is 21.1. The van der Waals surface area contributed by atoms with Crippen LogP contribution in [0, 0.1) is 0 Å². The van der Waals surface area contributed by atoms with E-state index in [1.165, 1.54) is 103 Å². The van der Waals surface area contributed by atoms with Gasteiger partial charge in [-0.3, -0.25) is 9.59 Å². The van der Waals surface area contributed by atoms with Gasteiger partial charge in [-0.2, -0.15) is 0 Å². The standard InChI is InChI=1S/C43H78O8/c1-4-6-8-10-12-14-16-18-20-22-24-26-28-30-32-34-38(44)49-36-37-40(46)41(47)42(43(48-3)50-37)51-39(45)35-33-31-29-27-25-23-21-19-17-15-13-11-9-7-5-2/h18-21,37,40-43,46-47H,4-17,22-36H2,1-3H3/b20-18-,21-19-/t37-,40-,41+,42-,43?/m1/s1. The number of aliphatic hydroxyl groups excluding tert-OH is 2. The minimum absolute atomic E-state index is 0.211. The van der Waals surface area contributed by atoms with Crippen LogP contribution in [0.4, 0.5) is 0 Å². The van der Waals surface area contributed by atoms with Crippen molar-refractivity contribution in [3.63, 3.8) is 0 Å². The fourth-order valence-electron chi connectivity index (χ4n) is 6.50. The molecule has 0 aliphatic carbocycles. The Hall–Kier alpha value is -1.74. The molecule has 1 heterocycles. The highest BCUT2D eigenvalue weighted by atomic mass is 16.7. The van der Waals surface area contributed by atoms with Crippen LogP contribution in [-0.2, 0) is 28.5 Å². The Balaban J connectivity index is 2.12. The van der Waals surface area contributed by atoms with Crippen LogP contribution in [-0.4, -0.2) is 66.6 Å². The molecular formula is C43H78O8. The molecule has 1 saturated heterocycles. The van der Waals surface area contributed by atoms with Gasteiger partial charge in [-0.15, -0.1) is 0 Å². The fraction of sp³-hybridized carbons (Fsp3) is 0.860. The second-order valence-corrected chi connectivity index (χ2v) is 14.6. The van der Waals surface area contributed by atoms with Gasteiger partial charge in [0.15, 0.2) is 12.4 Å². The molecule has 298 valence electrons. The second kappa shape index (κ2) is 34.1. The molecule has 2 N–H and O–H groups in total. The third-order valence-corrected chi connectivity index (χ3v) is 9.84. The molecule has 51 heavy (non-hydrogen) atoms. The summed E-state index contributed by atoms with van der Waals surface area (Å²) >= 11 is 0. The fourth-order valence-corrected chi connectivity index (χ4v) is 6.50. The number of methoxy groups -OCH3 is 1. The molecule has 0 bridgehead atoms. The van der Waals surface area contributed by atoms with E-state index in [0.717, 1.165) is 64.2 Å². The lowest BCUT2D eigenvalue weighted by Gasteiger charge is -2.41. The molecule has 0 spiro atoms. The highest BCUT2D eigenvalue weighted by Gasteiger charge is 2.47. The number of ether oxygens (including phenoxy) is 4. The number of aliphatic hydroxyl groups is 2. The van der Waals surface area contributed by atoms with Crippen molar-refractivity contribution in [2.24, 2.45) is 0 Å². The van der Waals surface area contributed by atoms with E-state index in [0.29, 0.717) is 12.8 Å². The summed E-state index contributed by atoms with van der Waals surface area (Å²) in [5, 5.41) is 21.4. The molecule has 0 saturated carbocycles. The van der Waals surface area contributed by atoms with E-state index in [2.05, 4.69) is 38.2 Å². The zero-order valence-corrected chi connectivity index (χ0v) is 33.0. The minimum atomic E-state index is -1.42. The summed E-state index contributed by atoms with van der Waals surface area (Å²) in [4.78, 5) is 24.8. The Morgan fingerprint density at radius 3 is 1.37 bits per heavy atom. The first-order valence-electron chi connectivity index (χ1n) is 21.1. The van der Waals surface area contributed by atoms with Crippen LogP contribution in [0.1, 0.15) is 194 Å². The van der Waals surface area contributed by atoms with Crippen molar-refractivity contribution in [1.82, 2.24) is 0 Å². The summed E-state index contributed by atoms with van der Waals surface area (Å²) in [6.07, 6.45) is 34.5. The third-order valence-electron chi connectivity index (χ3n) is 9.84. The first kappa shape index (κ1) is 47.3. The van der Waals surface area contributed by atoms with Crippen LogP contribution < -0.4 is 0 Å². The summed E-state index contributed by atoms with van der Waals surface area (Å²) in [7, 11) is 1.38. The molecule has 5 atom stereocenters. The van der Waals surface area contributed by atoms with Gasteiger partial charge in [-0.05, 0) is 64.2 Å². The maximum absolute atomic E-state index is 12.5. The van der Waals surface area contributed by atoms with Crippen LogP contribution in [0.3, 0.4) is 0 Å². The molecule has 1 fully saturated rings. The van der Waals surface area contributed by atoms with Crippen LogP contribution in [0.15, 0.2) is 24.3 Å². The van der Waals surface area contributed by atoms with Gasteiger partial charge in [-0.1, -0.05) is 141 Å². The molecule has 0 aromatic carbocycles. The molecule has 0 radical (unpaired) electrons. The van der Waals surface area contributed by atoms with Crippen molar-refractivity contribution in [3.8, 4) is 0 Å². The Kier molecular flexibility index (Phi) is 31.6. The molecule has 0 aromatic heterocycles. The molecule has 0 aromatic rings. The lowest BCUT2D eigenvalue weighted by Crippen LogP contribution is -2.60. The number of esters is 2. The molecule has 1 rings (SSSR count). The zero-order chi connectivity index (χ0) is 37.2. The normalized spacial score (nSPS) is 20.8. The summed E-state index contributed by atoms with van der Waals surface area (Å²) in [6.45, 7) is 4.29. The highest BCUT2D eigenvalue weighted by Crippen LogP contribution is 2.25. The molecule has 1 unspecified atom stereocenters. The summed E-state index contributed by atoms with van der Waals surface area (Å²) < 4.78 is 21.9. The predicted octanol–water partition coefficient (Wildman–Crippen LogP) is 10.6. The molecule has 1 aliphatic heterocycles. The van der Waals surface area contributed by atoms with Gasteiger partial charge >= 0.3 is 11.9 Å². The quantitative estimate of drug-likeness (QED) is 0.0384. The van der Waals surface area contributed by atoms with Gasteiger partial charge in [-0.25, -0.2) is 0 Å². The molecule has 8 heteroatoms. The Bertz CT molecular complexity index is 870. The van der Waals surface area contributed by atoms with Crippen LogP contribution in [0.25, 0.3) is 0 Å². The second-order valence-electron chi connectivity index (χ2n) is 14.6. The highest BCUT2D eigenvalue weighted by molar-refractivity contribution is 5.69. The van der Waals surface area contributed by atoms with E-state index >= 15 is 0 Å². The van der Waals surface area contributed by atoms with Gasteiger partial charge in [0.05, 0.1) is 0 Å². The number of hydrogen-bond acceptors (Lipinski definition) is 8. The van der Waals surface area contributed by atoms with E-state index in [4.69, 9.17) is 18.9 Å². The Morgan fingerprint density at radius 1 is 0.549 bits per heavy atom. The van der Waals surface area contributed by atoms with E-state index in [9.17, 15) is 19.8 Å². The number of carbonyl (C=O) groups is 2. The molecule has 1 aliphatic rings. The SMILES string of the molecule is CCCCCCCC/C=C\CCCCCCCC(=O)OC[C@H]1OC(OC)[C@H](OC(=O)CCCCCCC/C=C\CCCCCCCC)[C@@H](O)[C@@H]1O. The summed E-state index contributed by atoms with van der Waals surface area (Å²) in [5.74, 6) is -0.820. The average Bonchev–Trinajstić information content (AvgIpc) is 3.13. The van der Waals surface area contributed by atoms with Crippen molar-refractivity contribution in [3.05, 3.63) is 24.3 Å². The van der Waals surface area contributed by atoms with Gasteiger partial charge in [0.2, 0.25) is 0 Å². The van der Waals surface area contributed by atoms with E-state index < -0.39 is 36.7 Å². The number of hydrogen-bond donors (Lipinski definition) is 2. The maximum atomic E-state index is 12.5. The zero-order valence-electron chi connectivity index (χ0n) is 33.0. The van der Waals surface area contributed by atoms with Crippen LogP contribution in [0.5, 0.6) is 0 Å². The van der Waals surface area contributed by atoms with E-state index in [1.807, 2.05) is 0 Å². The van der Waals surface area contributed by atoms with Gasteiger partial charge < -0.3 is 29.2 Å². The monoisotopic (exact) mass is 723 g/mol. The molecular weight excluding hydrogens is 644 g/mol. The minimum Gasteiger partial charge on any atom is -0.463 e. The smallest absolute Gasteiger partial charge is 0.306 e. The van der Waals surface area contributed by atoms with Crippen LogP contribution >= 0.6 is 0 Å². The van der Waals surface area contributed by atoms with Crippen molar-refractivity contribution >= 4 is 11.9 Å². The Morgan fingerprint density at radius 2 is 0.941 bits per heavy atom. The van der Waals surface area contributed by atoms with Crippen molar-refractivity contribution in [1.29, 1.82) is 0 Å². The molecule has 8 nitrogen and oxygen atoms in total. The van der Waals surface area contributed by atoms with E-state index in [1.54, 1.807) is 0 Å². The largest absolute Gasteiger partial charge is 0.463 e. The van der Waals surface area contributed by atoms with Crippen LogP contribution in [0.2, 0.25) is 0 Å². The average molecular weight is 723 g/mol. The van der Waals surface area contributed by atoms with Crippen molar-refractivity contribution < 1.29 is 38.7 Å². The van der Waals surface area contributed by atoms with Crippen molar-refractivity contribution in [2.45, 2.75) is 224 Å². The van der Waals surface area contributed by atoms with Gasteiger partial charge in [0.1, 0.15) is 24.9 Å². The maximum Gasteiger partial charge on any atom is 0.306 e. The van der Waals surface area contributed by atoms with Gasteiger partial charge in [0.25, 0.3) is 0 Å². The van der Waals surface area contributed by atoms with Crippen molar-refractivity contribution in [2.75, 3.05) is 13.7 Å². The Labute approximate surface area is 312 Å². The lowest BCUT2D eigenvalue weighted by molar-refractivity contribution is -0.298. The van der Waals surface area contributed by atoms with Gasteiger partial charge in [0, 0.05) is 20.0 Å². The first-order chi connectivity index (χ1) is 24.9. The van der Waals surface area contributed by atoms with E-state index in [-0.39, 0.29) is 19.0 Å². The lowest BCUT2D eigenvalue weighted by atomic mass is 9.99. The summed E-state index contributed by atoms with van der Waals surface area (Å²) in [5.41, 5.74) is 0. The number of unbranched alkanes of at least 4 members (excludes halogenated alkanes) is 22. The molecule has 0 amide bonds. The summed E-state index contributed by atoms with van der Waals surface area (Å²) in [6, 6.07) is 0. The number of allylic oxidation sites excluding steroid dienone is 4. The number of rotatable bonds is 34. The third kappa shape index (κ3) is 25.8. The topological polar surface area (TPSA) is 112 Å².